The van der Waals surface area contributed by atoms with Crippen molar-refractivity contribution in [1.29, 1.82) is 0 Å². The third-order valence-corrected chi connectivity index (χ3v) is 5.15. The Balaban J connectivity index is 1.99. The van der Waals surface area contributed by atoms with Crippen LogP contribution in [0.4, 0.5) is 0 Å². The van der Waals surface area contributed by atoms with E-state index >= 15 is 0 Å². The third kappa shape index (κ3) is 13.8. The highest BCUT2D eigenvalue weighted by Crippen LogP contribution is 2.15. The summed E-state index contributed by atoms with van der Waals surface area (Å²) in [6.07, 6.45) is 7.55. The fraction of sp³-hybridized carbons (Fsp3) is 0.654. The summed E-state index contributed by atoms with van der Waals surface area (Å²) in [5, 5.41) is 3.19. The summed E-state index contributed by atoms with van der Waals surface area (Å²) in [5.74, 6) is 0.387. The Bertz CT molecular complexity index is 664. The van der Waals surface area contributed by atoms with Crippen LogP contribution in [0.2, 0.25) is 0 Å². The topological polar surface area (TPSA) is 72.5 Å². The Morgan fingerprint density at radius 1 is 0.903 bits per heavy atom. The molecule has 0 spiro atoms. The van der Waals surface area contributed by atoms with Gasteiger partial charge in [-0.1, -0.05) is 56.5 Å². The van der Waals surface area contributed by atoms with Crippen LogP contribution in [0.25, 0.3) is 0 Å². The van der Waals surface area contributed by atoms with Gasteiger partial charge in [0.2, 0.25) is 0 Å². The van der Waals surface area contributed by atoms with E-state index < -0.39 is 5.60 Å². The number of ether oxygens (including phenoxy) is 1. The fourth-order valence-corrected chi connectivity index (χ4v) is 3.35. The summed E-state index contributed by atoms with van der Waals surface area (Å²) in [4.78, 5) is 35.9. The van der Waals surface area contributed by atoms with Crippen LogP contribution in [-0.4, -0.2) is 36.2 Å². The molecule has 174 valence electrons. The predicted octanol–water partition coefficient (Wildman–Crippen LogP) is 5.52. The molecule has 0 saturated carbocycles. The maximum atomic E-state index is 12.3. The largest absolute Gasteiger partial charge is 0.460 e. The Kier molecular flexibility index (Phi) is 13.0. The monoisotopic (exact) mass is 431 g/mol. The first-order valence-corrected chi connectivity index (χ1v) is 11.7. The van der Waals surface area contributed by atoms with Crippen molar-refractivity contribution in [2.75, 3.05) is 13.1 Å². The number of carbonyl (C=O) groups excluding carboxylic acids is 3. The molecule has 0 saturated heterocycles. The van der Waals surface area contributed by atoms with Gasteiger partial charge in [-0.2, -0.15) is 0 Å². The maximum absolute atomic E-state index is 12.3. The van der Waals surface area contributed by atoms with Gasteiger partial charge in [0.05, 0.1) is 6.54 Å². The molecule has 5 heteroatoms. The van der Waals surface area contributed by atoms with Crippen molar-refractivity contribution >= 4 is 17.5 Å². The lowest BCUT2D eigenvalue weighted by Crippen LogP contribution is -2.24. The zero-order chi connectivity index (χ0) is 23.1. The summed E-state index contributed by atoms with van der Waals surface area (Å²) in [5.41, 5.74) is 0.314. The number of Topliss-reactive ketones (excluding diaryl/α,β-unsaturated/α-hetero) is 2. The second-order valence-electron chi connectivity index (χ2n) is 9.33. The molecular weight excluding hydrogens is 390 g/mol. The first-order chi connectivity index (χ1) is 14.7. The van der Waals surface area contributed by atoms with Gasteiger partial charge in [-0.25, -0.2) is 0 Å². The molecule has 0 aromatic heterocycles. The Morgan fingerprint density at radius 2 is 1.55 bits per heavy atom. The van der Waals surface area contributed by atoms with Crippen LogP contribution in [0.1, 0.15) is 95.8 Å². The molecular formula is C26H41NO4. The van der Waals surface area contributed by atoms with Crippen molar-refractivity contribution in [2.24, 2.45) is 5.92 Å². The standard InChI is InChI=1S/C26H41NO4/c1-21(14-12-13-19-27-20-24(29)22-15-8-7-9-16-22)23(28)17-10-5-6-11-18-25(30)31-26(2,3)4/h7-9,15-16,21,27H,5-6,10-14,17-20H2,1-4H3/t21-/m0/s1. The SMILES string of the molecule is C[C@@H](CCCCNCC(=O)c1ccccc1)C(=O)CCCCCCC(=O)OC(C)(C)C. The van der Waals surface area contributed by atoms with E-state index in [-0.39, 0.29) is 17.7 Å². The first-order valence-electron chi connectivity index (χ1n) is 11.7. The van der Waals surface area contributed by atoms with Crippen LogP contribution in [-0.2, 0) is 14.3 Å². The number of hydrogen-bond acceptors (Lipinski definition) is 5. The number of benzene rings is 1. The van der Waals surface area contributed by atoms with E-state index in [9.17, 15) is 14.4 Å². The van der Waals surface area contributed by atoms with Gasteiger partial charge < -0.3 is 10.1 Å². The number of unbranched alkanes of at least 4 members (excludes halogenated alkanes) is 4. The van der Waals surface area contributed by atoms with E-state index in [0.717, 1.165) is 57.1 Å². The fourth-order valence-electron chi connectivity index (χ4n) is 3.35. The molecule has 1 aromatic rings. The molecule has 31 heavy (non-hydrogen) atoms. The summed E-state index contributed by atoms with van der Waals surface area (Å²) < 4.78 is 5.29. The van der Waals surface area contributed by atoms with E-state index in [1.807, 2.05) is 58.0 Å². The summed E-state index contributed by atoms with van der Waals surface area (Å²) in [7, 11) is 0. The number of nitrogens with one attached hydrogen (secondary N) is 1. The van der Waals surface area contributed by atoms with Crippen molar-refractivity contribution in [3.8, 4) is 0 Å². The molecule has 0 aliphatic rings. The van der Waals surface area contributed by atoms with E-state index in [2.05, 4.69) is 5.32 Å². The molecule has 0 amide bonds. The van der Waals surface area contributed by atoms with E-state index in [1.54, 1.807) is 0 Å². The molecule has 1 atom stereocenters. The normalized spacial score (nSPS) is 12.4. The van der Waals surface area contributed by atoms with Gasteiger partial charge in [-0.05, 0) is 53.0 Å². The van der Waals surface area contributed by atoms with Gasteiger partial charge in [0, 0.05) is 24.3 Å². The minimum absolute atomic E-state index is 0.0905. The molecule has 0 aliphatic carbocycles. The zero-order valence-electron chi connectivity index (χ0n) is 19.9. The molecule has 1 rings (SSSR count). The molecule has 0 aliphatic heterocycles. The third-order valence-electron chi connectivity index (χ3n) is 5.15. The molecule has 0 radical (unpaired) electrons. The minimum Gasteiger partial charge on any atom is -0.460 e. The Labute approximate surface area is 188 Å². The van der Waals surface area contributed by atoms with Gasteiger partial charge in [-0.3, -0.25) is 14.4 Å². The van der Waals surface area contributed by atoms with Crippen LogP contribution in [0.15, 0.2) is 30.3 Å². The minimum atomic E-state index is -0.421. The highest BCUT2D eigenvalue weighted by atomic mass is 16.6. The first kappa shape index (κ1) is 27.0. The smallest absolute Gasteiger partial charge is 0.306 e. The number of hydrogen-bond donors (Lipinski definition) is 1. The molecule has 0 bridgehead atoms. The van der Waals surface area contributed by atoms with E-state index in [1.165, 1.54) is 0 Å². The molecule has 5 nitrogen and oxygen atoms in total. The number of ketones is 2. The lowest BCUT2D eigenvalue weighted by molar-refractivity contribution is -0.154. The number of rotatable bonds is 16. The Morgan fingerprint density at radius 3 is 2.19 bits per heavy atom. The molecule has 0 unspecified atom stereocenters. The predicted molar refractivity (Wildman–Crippen MR) is 125 cm³/mol. The lowest BCUT2D eigenvalue weighted by Gasteiger charge is -2.19. The second kappa shape index (κ2) is 14.9. The highest BCUT2D eigenvalue weighted by Gasteiger charge is 2.16. The number of esters is 1. The van der Waals surface area contributed by atoms with E-state index in [4.69, 9.17) is 4.74 Å². The van der Waals surface area contributed by atoms with Crippen molar-refractivity contribution in [2.45, 2.75) is 91.1 Å². The number of carbonyl (C=O) groups is 3. The van der Waals surface area contributed by atoms with Crippen molar-refractivity contribution in [3.63, 3.8) is 0 Å². The summed E-state index contributed by atoms with van der Waals surface area (Å²) in [6, 6.07) is 9.31. The second-order valence-corrected chi connectivity index (χ2v) is 9.33. The Hall–Kier alpha value is -2.01. The van der Waals surface area contributed by atoms with Gasteiger partial charge in [0.15, 0.2) is 5.78 Å². The average Bonchev–Trinajstić information content (AvgIpc) is 2.71. The zero-order valence-corrected chi connectivity index (χ0v) is 19.9. The van der Waals surface area contributed by atoms with E-state index in [0.29, 0.717) is 25.2 Å². The molecule has 1 aromatic carbocycles. The van der Waals surface area contributed by atoms with Gasteiger partial charge in [-0.15, -0.1) is 0 Å². The lowest BCUT2D eigenvalue weighted by atomic mass is 9.95. The average molecular weight is 432 g/mol. The van der Waals surface area contributed by atoms with Crippen LogP contribution in [0.3, 0.4) is 0 Å². The van der Waals surface area contributed by atoms with Crippen LogP contribution in [0, 0.1) is 5.92 Å². The van der Waals surface area contributed by atoms with Crippen molar-refractivity contribution in [3.05, 3.63) is 35.9 Å². The van der Waals surface area contributed by atoms with Crippen LogP contribution in [0.5, 0.6) is 0 Å². The summed E-state index contributed by atoms with van der Waals surface area (Å²) in [6.45, 7) is 8.78. The summed E-state index contributed by atoms with van der Waals surface area (Å²) >= 11 is 0. The molecule has 0 fully saturated rings. The maximum Gasteiger partial charge on any atom is 0.306 e. The quantitative estimate of drug-likeness (QED) is 0.212. The molecule has 0 heterocycles. The molecule has 1 N–H and O–H groups in total. The van der Waals surface area contributed by atoms with Gasteiger partial charge in [0.1, 0.15) is 11.4 Å². The van der Waals surface area contributed by atoms with Crippen molar-refractivity contribution < 1.29 is 19.1 Å². The van der Waals surface area contributed by atoms with Gasteiger partial charge >= 0.3 is 5.97 Å². The van der Waals surface area contributed by atoms with Crippen LogP contribution >= 0.6 is 0 Å². The highest BCUT2D eigenvalue weighted by molar-refractivity contribution is 5.97. The van der Waals surface area contributed by atoms with Gasteiger partial charge in [0.25, 0.3) is 0 Å². The van der Waals surface area contributed by atoms with Crippen LogP contribution < -0.4 is 5.32 Å². The van der Waals surface area contributed by atoms with Crippen molar-refractivity contribution in [1.82, 2.24) is 5.32 Å².